The van der Waals surface area contributed by atoms with Crippen molar-refractivity contribution in [3.05, 3.63) is 35.6 Å². The lowest BCUT2D eigenvalue weighted by Crippen LogP contribution is -2.08. The summed E-state index contributed by atoms with van der Waals surface area (Å²) in [5, 5.41) is 0. The first-order chi connectivity index (χ1) is 7.74. The maximum Gasteiger partial charge on any atom is 0.147 e. The van der Waals surface area contributed by atoms with Crippen LogP contribution in [0.2, 0.25) is 0 Å². The smallest absolute Gasteiger partial charge is 0.147 e. The molecule has 0 bridgehead atoms. The molecule has 0 unspecified atom stereocenters. The van der Waals surface area contributed by atoms with Crippen LogP contribution >= 0.6 is 11.8 Å². The van der Waals surface area contributed by atoms with E-state index in [0.717, 1.165) is 5.75 Å². The van der Waals surface area contributed by atoms with Gasteiger partial charge < -0.3 is 4.74 Å². The van der Waals surface area contributed by atoms with Crippen LogP contribution in [0.1, 0.15) is 5.56 Å². The van der Waals surface area contributed by atoms with E-state index >= 15 is 0 Å². The Labute approximate surface area is 99.2 Å². The number of benzene rings is 1. The fraction of sp³-hybridized carbons (Fsp3) is 0.417. The molecule has 0 saturated heterocycles. The Bertz CT molecular complexity index is 342. The standard InChI is InChI=1S/C12H15FO2S/c1-15-6-7-16-9-11(14)8-10-4-2-3-5-12(10)13/h2-5H,6-9H2,1H3. The second kappa shape index (κ2) is 7.41. The molecule has 1 rings (SSSR count). The average Bonchev–Trinajstić information content (AvgIpc) is 2.28. The molecule has 4 heteroatoms. The van der Waals surface area contributed by atoms with E-state index < -0.39 is 0 Å². The molecule has 0 spiro atoms. The van der Waals surface area contributed by atoms with Crippen LogP contribution in [-0.4, -0.2) is 31.0 Å². The predicted octanol–water partition coefficient (Wildman–Crippen LogP) is 2.32. The highest BCUT2D eigenvalue weighted by Gasteiger charge is 2.07. The second-order valence-corrected chi connectivity index (χ2v) is 4.46. The van der Waals surface area contributed by atoms with Gasteiger partial charge in [-0.05, 0) is 11.6 Å². The number of hydrogen-bond acceptors (Lipinski definition) is 3. The third kappa shape index (κ3) is 4.77. The summed E-state index contributed by atoms with van der Waals surface area (Å²) in [6, 6.07) is 6.38. The topological polar surface area (TPSA) is 26.3 Å². The first-order valence-corrected chi connectivity index (χ1v) is 6.21. The fourth-order valence-corrected chi connectivity index (χ4v) is 1.99. The van der Waals surface area contributed by atoms with Crippen molar-refractivity contribution in [1.82, 2.24) is 0 Å². The maximum absolute atomic E-state index is 13.2. The Hall–Kier alpha value is -0.870. The molecule has 0 fully saturated rings. The van der Waals surface area contributed by atoms with E-state index in [-0.39, 0.29) is 18.0 Å². The summed E-state index contributed by atoms with van der Waals surface area (Å²) in [4.78, 5) is 11.5. The molecule has 88 valence electrons. The van der Waals surface area contributed by atoms with Crippen LogP contribution in [0.25, 0.3) is 0 Å². The molecule has 0 atom stereocenters. The SMILES string of the molecule is COCCSCC(=O)Cc1ccccc1F. The summed E-state index contributed by atoms with van der Waals surface area (Å²) in [6.45, 7) is 0.637. The zero-order valence-electron chi connectivity index (χ0n) is 9.24. The summed E-state index contributed by atoms with van der Waals surface area (Å²) in [6.07, 6.45) is 0.173. The number of rotatable bonds is 7. The number of carbonyl (C=O) groups is 1. The number of ketones is 1. The van der Waals surface area contributed by atoms with Crippen LogP contribution in [0.3, 0.4) is 0 Å². The minimum Gasteiger partial charge on any atom is -0.384 e. The molecule has 0 aliphatic heterocycles. The quantitative estimate of drug-likeness (QED) is 0.686. The summed E-state index contributed by atoms with van der Waals surface area (Å²) >= 11 is 1.51. The lowest BCUT2D eigenvalue weighted by atomic mass is 10.1. The first kappa shape index (κ1) is 13.2. The third-order valence-electron chi connectivity index (χ3n) is 2.04. The molecule has 1 aromatic rings. The minimum atomic E-state index is -0.308. The van der Waals surface area contributed by atoms with Gasteiger partial charge in [0.05, 0.1) is 12.4 Å². The molecule has 2 nitrogen and oxygen atoms in total. The lowest BCUT2D eigenvalue weighted by molar-refractivity contribution is -0.116. The average molecular weight is 242 g/mol. The van der Waals surface area contributed by atoms with Gasteiger partial charge in [0.15, 0.2) is 0 Å². The van der Waals surface area contributed by atoms with Gasteiger partial charge in [0.2, 0.25) is 0 Å². The molecule has 0 amide bonds. The highest BCUT2D eigenvalue weighted by molar-refractivity contribution is 7.99. The third-order valence-corrected chi connectivity index (χ3v) is 3.02. The molecule has 0 aliphatic carbocycles. The van der Waals surface area contributed by atoms with Gasteiger partial charge in [-0.2, -0.15) is 11.8 Å². The Morgan fingerprint density at radius 1 is 1.44 bits per heavy atom. The van der Waals surface area contributed by atoms with Crippen LogP contribution in [0.15, 0.2) is 24.3 Å². The Morgan fingerprint density at radius 3 is 2.88 bits per heavy atom. The molecule has 0 saturated carbocycles. The van der Waals surface area contributed by atoms with Gasteiger partial charge in [0.1, 0.15) is 11.6 Å². The van der Waals surface area contributed by atoms with Crippen LogP contribution in [0.4, 0.5) is 4.39 Å². The van der Waals surface area contributed by atoms with Crippen molar-refractivity contribution in [3.63, 3.8) is 0 Å². The van der Waals surface area contributed by atoms with Gasteiger partial charge in [-0.25, -0.2) is 4.39 Å². The van der Waals surface area contributed by atoms with Crippen molar-refractivity contribution in [1.29, 1.82) is 0 Å². The minimum absolute atomic E-state index is 0.0474. The first-order valence-electron chi connectivity index (χ1n) is 5.06. The monoisotopic (exact) mass is 242 g/mol. The van der Waals surface area contributed by atoms with Crippen LogP contribution in [-0.2, 0) is 16.0 Å². The van der Waals surface area contributed by atoms with Crippen molar-refractivity contribution in [2.75, 3.05) is 25.2 Å². The second-order valence-electron chi connectivity index (χ2n) is 3.35. The van der Waals surface area contributed by atoms with Gasteiger partial charge in [0, 0.05) is 19.3 Å². The number of methoxy groups -OCH3 is 1. The molecule has 0 heterocycles. The van der Waals surface area contributed by atoms with E-state index in [0.29, 0.717) is 17.9 Å². The number of carbonyl (C=O) groups excluding carboxylic acids is 1. The fourth-order valence-electron chi connectivity index (χ4n) is 1.23. The Morgan fingerprint density at radius 2 is 2.19 bits per heavy atom. The van der Waals surface area contributed by atoms with Crippen molar-refractivity contribution in [2.45, 2.75) is 6.42 Å². The number of ether oxygens (including phenoxy) is 1. The predicted molar refractivity (Wildman–Crippen MR) is 64.3 cm³/mol. The number of thioether (sulfide) groups is 1. The van der Waals surface area contributed by atoms with Gasteiger partial charge in [-0.1, -0.05) is 18.2 Å². The molecule has 0 aliphatic rings. The molecule has 16 heavy (non-hydrogen) atoms. The van der Waals surface area contributed by atoms with E-state index in [1.807, 2.05) is 0 Å². The van der Waals surface area contributed by atoms with Crippen LogP contribution in [0, 0.1) is 5.82 Å². The van der Waals surface area contributed by atoms with Gasteiger partial charge >= 0.3 is 0 Å². The highest BCUT2D eigenvalue weighted by Crippen LogP contribution is 2.09. The number of halogens is 1. The van der Waals surface area contributed by atoms with E-state index in [2.05, 4.69) is 0 Å². The molecule has 1 aromatic carbocycles. The summed E-state index contributed by atoms with van der Waals surface area (Å²) in [5.41, 5.74) is 0.472. The van der Waals surface area contributed by atoms with Crippen molar-refractivity contribution >= 4 is 17.5 Å². The summed E-state index contributed by atoms with van der Waals surface area (Å²) < 4.78 is 18.1. The lowest BCUT2D eigenvalue weighted by Gasteiger charge is -2.02. The Balaban J connectivity index is 2.32. The van der Waals surface area contributed by atoms with Crippen LogP contribution in [0.5, 0.6) is 0 Å². The van der Waals surface area contributed by atoms with Crippen molar-refractivity contribution in [2.24, 2.45) is 0 Å². The van der Waals surface area contributed by atoms with E-state index in [9.17, 15) is 9.18 Å². The molecular formula is C12H15FO2S. The maximum atomic E-state index is 13.2. The molecule has 0 aromatic heterocycles. The Kier molecular flexibility index (Phi) is 6.11. The number of Topliss-reactive ketones (excluding diaryl/α,β-unsaturated/α-hetero) is 1. The van der Waals surface area contributed by atoms with E-state index in [1.54, 1.807) is 25.3 Å². The molecular weight excluding hydrogens is 227 g/mol. The number of hydrogen-bond donors (Lipinski definition) is 0. The van der Waals surface area contributed by atoms with Crippen molar-refractivity contribution in [3.8, 4) is 0 Å². The molecule has 0 radical (unpaired) electrons. The zero-order chi connectivity index (χ0) is 11.8. The molecule has 0 N–H and O–H groups in total. The zero-order valence-corrected chi connectivity index (χ0v) is 10.1. The summed E-state index contributed by atoms with van der Waals surface area (Å²) in [7, 11) is 1.63. The van der Waals surface area contributed by atoms with E-state index in [4.69, 9.17) is 4.74 Å². The van der Waals surface area contributed by atoms with Gasteiger partial charge in [0.25, 0.3) is 0 Å². The van der Waals surface area contributed by atoms with Gasteiger partial charge in [-0.3, -0.25) is 4.79 Å². The van der Waals surface area contributed by atoms with E-state index in [1.165, 1.54) is 17.8 Å². The highest BCUT2D eigenvalue weighted by atomic mass is 32.2. The normalized spacial score (nSPS) is 10.4. The summed E-state index contributed by atoms with van der Waals surface area (Å²) in [5.74, 6) is 0.945. The largest absolute Gasteiger partial charge is 0.384 e. The van der Waals surface area contributed by atoms with Gasteiger partial charge in [-0.15, -0.1) is 0 Å². The van der Waals surface area contributed by atoms with Crippen molar-refractivity contribution < 1.29 is 13.9 Å². The van der Waals surface area contributed by atoms with Crippen LogP contribution < -0.4 is 0 Å².